The number of amides is 5. The first-order valence-electron chi connectivity index (χ1n) is 20.5. The zero-order chi connectivity index (χ0) is 43.9. The zero-order valence-corrected chi connectivity index (χ0v) is 34.9. The summed E-state index contributed by atoms with van der Waals surface area (Å²) in [6.45, 7) is 7.60. The number of carbonyl (C=O) groups excluding carboxylic acids is 5. The largest absolute Gasteiger partial charge is 0.444 e. The predicted octanol–water partition coefficient (Wildman–Crippen LogP) is 6.56. The van der Waals surface area contributed by atoms with E-state index >= 15 is 0 Å². The predicted molar refractivity (Wildman–Crippen MR) is 241 cm³/mol. The lowest BCUT2D eigenvalue weighted by Gasteiger charge is -2.39. The van der Waals surface area contributed by atoms with E-state index in [0.717, 1.165) is 11.1 Å². The van der Waals surface area contributed by atoms with Gasteiger partial charge in [0.1, 0.15) is 17.2 Å². The van der Waals surface area contributed by atoms with Crippen molar-refractivity contribution in [3.63, 3.8) is 0 Å². The van der Waals surface area contributed by atoms with Gasteiger partial charge in [-0.2, -0.15) is 0 Å². The van der Waals surface area contributed by atoms with E-state index in [2.05, 4.69) is 16.0 Å². The Balaban J connectivity index is 0.000000333. The molecule has 12 nitrogen and oxygen atoms in total. The van der Waals surface area contributed by atoms with Gasteiger partial charge < -0.3 is 36.2 Å². The summed E-state index contributed by atoms with van der Waals surface area (Å²) >= 11 is 0. The van der Waals surface area contributed by atoms with Crippen LogP contribution in [0.3, 0.4) is 0 Å². The van der Waals surface area contributed by atoms with Gasteiger partial charge in [-0.3, -0.25) is 19.2 Å². The molecule has 2 fully saturated rings. The smallest absolute Gasteiger partial charge is 0.407 e. The molecule has 0 unspecified atom stereocenters. The molecule has 0 aromatic heterocycles. The van der Waals surface area contributed by atoms with Crippen LogP contribution < -0.4 is 21.7 Å². The molecule has 0 radical (unpaired) electrons. The Hall–Kier alpha value is -6.15. The number of nitrogens with zero attached hydrogens (tertiary/aromatic N) is 2. The first kappa shape index (κ1) is 51.2. The highest BCUT2D eigenvalue weighted by molar-refractivity contribution is 5.85. The number of hydrogen-bond donors (Lipinski definition) is 4. The quantitative estimate of drug-likeness (QED) is 0.105. The standard InChI is InChI=1S/C26H32FN3O4.C21H24FN3O2.2CH4/c1-26(2,3)34-25(33)29-21(13-19-11-7-8-12-22(19)27)14-23(31)30-16-20(17-30)24(32)28-15-18-9-5-4-6-10-18;22-19-9-5-4-8-16(19)10-18(23)11-20(26)25-13-17(14-25)21(27)24-12-15-6-2-1-3-7-15;;/h4-12,20-21H,13-17H2,1-3H3,(H,28,32)(H,29,33);1-9,17-18H,10-14,23H2,(H,24,27);2*1H4/t21-;18-;;/m11../s1. The molecule has 4 aromatic rings. The maximum atomic E-state index is 14.2. The second-order valence-corrected chi connectivity index (χ2v) is 16.5. The van der Waals surface area contributed by atoms with Crippen molar-refractivity contribution in [2.75, 3.05) is 26.2 Å². The summed E-state index contributed by atoms with van der Waals surface area (Å²) in [5.41, 5.74) is 8.27. The molecule has 0 aliphatic carbocycles. The van der Waals surface area contributed by atoms with E-state index in [9.17, 15) is 32.8 Å². The number of rotatable bonds is 15. The van der Waals surface area contributed by atoms with Crippen molar-refractivity contribution in [1.29, 1.82) is 0 Å². The lowest BCUT2D eigenvalue weighted by Crippen LogP contribution is -2.56. The van der Waals surface area contributed by atoms with E-state index in [-0.39, 0.29) is 75.4 Å². The van der Waals surface area contributed by atoms with E-state index < -0.39 is 29.6 Å². The maximum absolute atomic E-state index is 14.2. The van der Waals surface area contributed by atoms with Gasteiger partial charge in [-0.05, 0) is 68.0 Å². The van der Waals surface area contributed by atoms with Crippen LogP contribution in [0.25, 0.3) is 0 Å². The molecule has 63 heavy (non-hydrogen) atoms. The third-order valence-corrected chi connectivity index (χ3v) is 10.3. The first-order chi connectivity index (χ1) is 29.1. The second-order valence-electron chi connectivity index (χ2n) is 16.5. The highest BCUT2D eigenvalue weighted by Crippen LogP contribution is 2.21. The average molecular weight is 871 g/mol. The van der Waals surface area contributed by atoms with Crippen molar-refractivity contribution < 1.29 is 37.5 Å². The molecule has 14 heteroatoms. The SMILES string of the molecule is C.C.CC(C)(C)OC(=O)N[C@@H](CC(=O)N1CC(C(=O)NCc2ccccc2)C1)Cc1ccccc1F.N[C@@H](CC(=O)N1CC(C(=O)NCc2ccccc2)C1)Cc1ccccc1F. The Kier molecular flexibility index (Phi) is 19.9. The number of alkyl carbamates (subject to hydrolysis) is 1. The van der Waals surface area contributed by atoms with E-state index in [1.165, 1.54) is 12.1 Å². The van der Waals surface area contributed by atoms with Crippen LogP contribution in [-0.4, -0.2) is 83.4 Å². The molecule has 6 rings (SSSR count). The fraction of sp³-hybridized carbons (Fsp3) is 0.408. The van der Waals surface area contributed by atoms with Crippen molar-refractivity contribution in [2.24, 2.45) is 17.6 Å². The van der Waals surface area contributed by atoms with Crippen LogP contribution in [-0.2, 0) is 49.8 Å². The van der Waals surface area contributed by atoms with Crippen LogP contribution in [0.4, 0.5) is 13.6 Å². The van der Waals surface area contributed by atoms with Gasteiger partial charge in [-0.1, -0.05) is 112 Å². The Morgan fingerprint density at radius 1 is 0.635 bits per heavy atom. The molecular weight excluding hydrogens is 807 g/mol. The second kappa shape index (κ2) is 24.5. The van der Waals surface area contributed by atoms with Crippen molar-refractivity contribution in [3.8, 4) is 0 Å². The van der Waals surface area contributed by atoms with Crippen molar-refractivity contribution in [2.45, 2.75) is 92.1 Å². The van der Waals surface area contributed by atoms with Crippen LogP contribution in [0.1, 0.15) is 70.7 Å². The number of hydrogen-bond acceptors (Lipinski definition) is 7. The molecule has 2 aliphatic heterocycles. The van der Waals surface area contributed by atoms with Crippen molar-refractivity contribution in [3.05, 3.63) is 143 Å². The number of benzene rings is 4. The third-order valence-electron chi connectivity index (χ3n) is 10.3. The fourth-order valence-electron chi connectivity index (χ4n) is 6.84. The van der Waals surface area contributed by atoms with Crippen molar-refractivity contribution in [1.82, 2.24) is 25.8 Å². The molecule has 5 N–H and O–H groups in total. The number of nitrogens with one attached hydrogen (secondary N) is 3. The van der Waals surface area contributed by atoms with E-state index in [1.54, 1.807) is 67.0 Å². The average Bonchev–Trinajstić information content (AvgIpc) is 3.17. The Bertz CT molecular complexity index is 2090. The zero-order valence-electron chi connectivity index (χ0n) is 34.9. The minimum Gasteiger partial charge on any atom is -0.444 e. The van der Waals surface area contributed by atoms with Gasteiger partial charge >= 0.3 is 6.09 Å². The number of halogens is 2. The van der Waals surface area contributed by atoms with Crippen molar-refractivity contribution >= 4 is 29.7 Å². The Labute approximate surface area is 370 Å². The minimum absolute atomic E-state index is 0. The Morgan fingerprint density at radius 2 is 1.03 bits per heavy atom. The van der Waals surface area contributed by atoms with E-state index in [1.807, 2.05) is 60.7 Å². The fourth-order valence-corrected chi connectivity index (χ4v) is 6.84. The monoisotopic (exact) mass is 870 g/mol. The number of nitrogens with two attached hydrogens (primary N) is 1. The first-order valence-corrected chi connectivity index (χ1v) is 20.5. The maximum Gasteiger partial charge on any atom is 0.407 e. The van der Waals surface area contributed by atoms with Crippen LogP contribution in [0, 0.1) is 23.5 Å². The Morgan fingerprint density at radius 3 is 1.46 bits per heavy atom. The van der Waals surface area contributed by atoms with Gasteiger partial charge in [0.05, 0.1) is 11.8 Å². The third kappa shape index (κ3) is 16.6. The minimum atomic E-state index is -0.700. The lowest BCUT2D eigenvalue weighted by atomic mass is 9.96. The summed E-state index contributed by atoms with van der Waals surface area (Å²) in [6.07, 6.45) is -0.0818. The van der Waals surface area contributed by atoms with Crippen LogP contribution in [0.15, 0.2) is 109 Å². The topological polar surface area (TPSA) is 163 Å². The molecule has 2 aliphatic rings. The van der Waals surface area contributed by atoms with E-state index in [4.69, 9.17) is 10.5 Å². The molecule has 340 valence electrons. The molecule has 0 bridgehead atoms. The molecule has 0 saturated carbocycles. The normalized spacial score (nSPS) is 14.4. The van der Waals surface area contributed by atoms with E-state index in [0.29, 0.717) is 56.8 Å². The molecule has 2 heterocycles. The van der Waals surface area contributed by atoms with Crippen LogP contribution >= 0.6 is 0 Å². The number of carbonyl (C=O) groups is 5. The lowest BCUT2D eigenvalue weighted by molar-refractivity contribution is -0.144. The van der Waals surface area contributed by atoms with Crippen LogP contribution in [0.2, 0.25) is 0 Å². The summed E-state index contributed by atoms with van der Waals surface area (Å²) in [7, 11) is 0. The summed E-state index contributed by atoms with van der Waals surface area (Å²) < 4.78 is 33.2. The molecule has 0 spiro atoms. The van der Waals surface area contributed by atoms with Gasteiger partial charge in [0.15, 0.2) is 0 Å². The van der Waals surface area contributed by atoms with Gasteiger partial charge in [0.25, 0.3) is 0 Å². The highest BCUT2D eigenvalue weighted by atomic mass is 19.1. The van der Waals surface area contributed by atoms with Gasteiger partial charge in [0, 0.05) is 64.2 Å². The van der Waals surface area contributed by atoms with Gasteiger partial charge in [-0.25, -0.2) is 13.6 Å². The summed E-state index contributed by atoms with van der Waals surface area (Å²) in [5, 5.41) is 8.49. The van der Waals surface area contributed by atoms with Gasteiger partial charge in [0.2, 0.25) is 23.6 Å². The number of likely N-dealkylation sites (tertiary alicyclic amines) is 2. The molecule has 4 aromatic carbocycles. The molecular formula is C49H64F2N6O6. The number of ether oxygens (including phenoxy) is 1. The molecule has 5 amide bonds. The highest BCUT2D eigenvalue weighted by Gasteiger charge is 2.37. The molecule has 2 saturated heterocycles. The summed E-state index contributed by atoms with van der Waals surface area (Å²) in [6, 6.07) is 30.9. The van der Waals surface area contributed by atoms with Crippen LogP contribution in [0.5, 0.6) is 0 Å². The molecule has 2 atom stereocenters. The summed E-state index contributed by atoms with van der Waals surface area (Å²) in [4.78, 5) is 65.2. The summed E-state index contributed by atoms with van der Waals surface area (Å²) in [5.74, 6) is -1.59. The van der Waals surface area contributed by atoms with Gasteiger partial charge in [-0.15, -0.1) is 0 Å².